The summed E-state index contributed by atoms with van der Waals surface area (Å²) in [5.41, 5.74) is 1.71. The fraction of sp³-hybridized carbons (Fsp3) is 0.818. The van der Waals surface area contributed by atoms with E-state index in [1.807, 2.05) is 0 Å². The van der Waals surface area contributed by atoms with E-state index in [0.29, 0.717) is 12.0 Å². The van der Waals surface area contributed by atoms with Crippen molar-refractivity contribution in [3.05, 3.63) is 12.2 Å². The van der Waals surface area contributed by atoms with Crippen LogP contribution in [0.4, 0.5) is 0 Å². The molecule has 0 heterocycles. The largest absolute Gasteiger partial charge is 0.396 e. The van der Waals surface area contributed by atoms with Gasteiger partial charge in [-0.2, -0.15) is 0 Å². The molecule has 2 rings (SSSR count). The number of allylic oxidation sites excluding steroid dienone is 1. The van der Waals surface area contributed by atoms with Crippen molar-refractivity contribution < 1.29 is 5.11 Å². The lowest BCUT2D eigenvalue weighted by Crippen LogP contribution is -2.19. The Balaban J connectivity index is 1.96. The zero-order valence-electron chi connectivity index (χ0n) is 7.84. The van der Waals surface area contributed by atoms with Gasteiger partial charge in [0, 0.05) is 6.61 Å². The first-order chi connectivity index (χ1) is 5.68. The molecule has 68 valence electrons. The summed E-state index contributed by atoms with van der Waals surface area (Å²) in [6.07, 6.45) is 5.04. The Bertz CT molecular complexity index is 209. The van der Waals surface area contributed by atoms with E-state index in [2.05, 4.69) is 13.5 Å². The van der Waals surface area contributed by atoms with Crippen LogP contribution in [0.25, 0.3) is 0 Å². The Morgan fingerprint density at radius 2 is 2.42 bits per heavy atom. The van der Waals surface area contributed by atoms with Gasteiger partial charge in [-0.05, 0) is 49.9 Å². The average Bonchev–Trinajstić information content (AvgIpc) is 2.77. The second-order valence-corrected chi connectivity index (χ2v) is 4.74. The fourth-order valence-corrected chi connectivity index (χ4v) is 2.71. The van der Waals surface area contributed by atoms with Gasteiger partial charge in [0.05, 0.1) is 0 Å². The molecule has 1 heteroatoms. The highest BCUT2D eigenvalue weighted by molar-refractivity contribution is 5.10. The highest BCUT2D eigenvalue weighted by atomic mass is 16.3. The Morgan fingerprint density at radius 3 is 2.92 bits per heavy atom. The van der Waals surface area contributed by atoms with Gasteiger partial charge >= 0.3 is 0 Å². The van der Waals surface area contributed by atoms with Gasteiger partial charge in [-0.25, -0.2) is 0 Å². The molecule has 0 aliphatic heterocycles. The van der Waals surface area contributed by atoms with Crippen molar-refractivity contribution in [2.24, 2.45) is 17.3 Å². The molecule has 2 saturated carbocycles. The van der Waals surface area contributed by atoms with E-state index in [-0.39, 0.29) is 0 Å². The van der Waals surface area contributed by atoms with E-state index in [9.17, 15) is 5.11 Å². The SMILES string of the molecule is C=C(C)[C@@H]1CC[C@]2(CO)C[C@@H]2C1. The lowest BCUT2D eigenvalue weighted by atomic mass is 9.79. The van der Waals surface area contributed by atoms with Crippen LogP contribution >= 0.6 is 0 Å². The maximum Gasteiger partial charge on any atom is 0.0490 e. The highest BCUT2D eigenvalue weighted by Gasteiger charge is 2.55. The Kier molecular flexibility index (Phi) is 1.80. The van der Waals surface area contributed by atoms with Crippen LogP contribution in [0.2, 0.25) is 0 Å². The maximum absolute atomic E-state index is 9.19. The van der Waals surface area contributed by atoms with Crippen molar-refractivity contribution in [3.8, 4) is 0 Å². The Morgan fingerprint density at radius 1 is 1.67 bits per heavy atom. The molecule has 0 amide bonds. The maximum atomic E-state index is 9.19. The quantitative estimate of drug-likeness (QED) is 0.624. The minimum Gasteiger partial charge on any atom is -0.396 e. The fourth-order valence-electron chi connectivity index (χ4n) is 2.71. The van der Waals surface area contributed by atoms with Crippen molar-refractivity contribution in [1.82, 2.24) is 0 Å². The van der Waals surface area contributed by atoms with Crippen molar-refractivity contribution >= 4 is 0 Å². The minimum atomic E-state index is 0.367. The molecule has 2 aliphatic carbocycles. The molecule has 0 aromatic carbocycles. The first kappa shape index (κ1) is 8.31. The Hall–Kier alpha value is -0.300. The van der Waals surface area contributed by atoms with E-state index in [0.717, 1.165) is 11.8 Å². The summed E-state index contributed by atoms with van der Waals surface area (Å²) in [6.45, 7) is 6.57. The normalized spacial score (nSPS) is 45.2. The number of hydrogen-bond acceptors (Lipinski definition) is 1. The van der Waals surface area contributed by atoms with Crippen LogP contribution in [0.3, 0.4) is 0 Å². The molecule has 0 unspecified atom stereocenters. The van der Waals surface area contributed by atoms with Crippen LogP contribution in [-0.2, 0) is 0 Å². The van der Waals surface area contributed by atoms with E-state index >= 15 is 0 Å². The van der Waals surface area contributed by atoms with E-state index in [1.54, 1.807) is 0 Å². The third-order valence-electron chi connectivity index (χ3n) is 3.93. The van der Waals surface area contributed by atoms with Crippen molar-refractivity contribution in [3.63, 3.8) is 0 Å². The lowest BCUT2D eigenvalue weighted by molar-refractivity contribution is 0.158. The number of rotatable bonds is 2. The second kappa shape index (κ2) is 2.59. The first-order valence-electron chi connectivity index (χ1n) is 4.94. The number of fused-ring (bicyclic) bond motifs is 1. The molecule has 0 aromatic heterocycles. The third-order valence-corrected chi connectivity index (χ3v) is 3.93. The standard InChI is InChI=1S/C11H18O/c1-8(2)9-3-4-11(7-12)6-10(11)5-9/h9-10,12H,1,3-7H2,2H3/t9-,10+,11-/m1/s1. The molecule has 1 nitrogen and oxygen atoms in total. The van der Waals surface area contributed by atoms with Gasteiger partial charge in [0.2, 0.25) is 0 Å². The average molecular weight is 166 g/mol. The predicted octanol–water partition coefficient (Wildman–Crippen LogP) is 2.36. The summed E-state index contributed by atoms with van der Waals surface area (Å²) in [5, 5.41) is 9.19. The van der Waals surface area contributed by atoms with Crippen LogP contribution in [0.5, 0.6) is 0 Å². The first-order valence-corrected chi connectivity index (χ1v) is 4.94. The third kappa shape index (κ3) is 1.11. The minimum absolute atomic E-state index is 0.367. The van der Waals surface area contributed by atoms with Gasteiger partial charge < -0.3 is 5.11 Å². The molecular weight excluding hydrogens is 148 g/mol. The van der Waals surface area contributed by atoms with Gasteiger partial charge in [-0.1, -0.05) is 12.2 Å². The van der Waals surface area contributed by atoms with Crippen LogP contribution < -0.4 is 0 Å². The molecule has 1 N–H and O–H groups in total. The zero-order valence-corrected chi connectivity index (χ0v) is 7.84. The monoisotopic (exact) mass is 166 g/mol. The van der Waals surface area contributed by atoms with Crippen molar-refractivity contribution in [2.75, 3.05) is 6.61 Å². The predicted molar refractivity (Wildman–Crippen MR) is 49.8 cm³/mol. The smallest absolute Gasteiger partial charge is 0.0490 e. The van der Waals surface area contributed by atoms with Crippen molar-refractivity contribution in [1.29, 1.82) is 0 Å². The van der Waals surface area contributed by atoms with Crippen molar-refractivity contribution in [2.45, 2.75) is 32.6 Å². The molecule has 0 spiro atoms. The van der Waals surface area contributed by atoms with Gasteiger partial charge in [0.1, 0.15) is 0 Å². The summed E-state index contributed by atoms with van der Waals surface area (Å²) in [6, 6.07) is 0. The number of aliphatic hydroxyl groups is 1. The summed E-state index contributed by atoms with van der Waals surface area (Å²) in [4.78, 5) is 0. The summed E-state index contributed by atoms with van der Waals surface area (Å²) >= 11 is 0. The number of aliphatic hydroxyl groups excluding tert-OH is 1. The highest BCUT2D eigenvalue weighted by Crippen LogP contribution is 2.62. The Labute approximate surface area is 74.5 Å². The van der Waals surface area contributed by atoms with E-state index in [4.69, 9.17) is 0 Å². The molecule has 3 atom stereocenters. The zero-order chi connectivity index (χ0) is 8.77. The molecule has 12 heavy (non-hydrogen) atoms. The number of hydrogen-bond donors (Lipinski definition) is 1. The summed E-state index contributed by atoms with van der Waals surface area (Å²) < 4.78 is 0. The molecule has 2 aliphatic rings. The van der Waals surface area contributed by atoms with Crippen LogP contribution in [0, 0.1) is 17.3 Å². The van der Waals surface area contributed by atoms with Crippen LogP contribution in [0.1, 0.15) is 32.6 Å². The van der Waals surface area contributed by atoms with Crippen LogP contribution in [0.15, 0.2) is 12.2 Å². The molecule has 0 aromatic rings. The summed E-state index contributed by atoms with van der Waals surface area (Å²) in [7, 11) is 0. The second-order valence-electron chi connectivity index (χ2n) is 4.74. The van der Waals surface area contributed by atoms with Gasteiger partial charge in [0.15, 0.2) is 0 Å². The van der Waals surface area contributed by atoms with E-state index in [1.165, 1.54) is 31.3 Å². The van der Waals surface area contributed by atoms with Crippen LogP contribution in [-0.4, -0.2) is 11.7 Å². The summed E-state index contributed by atoms with van der Waals surface area (Å²) in [5.74, 6) is 1.56. The molecule has 2 fully saturated rings. The van der Waals surface area contributed by atoms with Gasteiger partial charge in [-0.15, -0.1) is 0 Å². The van der Waals surface area contributed by atoms with Gasteiger partial charge in [-0.3, -0.25) is 0 Å². The molecule has 0 radical (unpaired) electrons. The molecule has 0 bridgehead atoms. The molecular formula is C11H18O. The van der Waals surface area contributed by atoms with Gasteiger partial charge in [0.25, 0.3) is 0 Å². The topological polar surface area (TPSA) is 20.2 Å². The molecule has 0 saturated heterocycles. The van der Waals surface area contributed by atoms with E-state index < -0.39 is 0 Å². The lowest BCUT2D eigenvalue weighted by Gasteiger charge is -2.27.